The molecule has 0 aromatic heterocycles. The number of thioether (sulfide) groups is 1. The molecular weight excluding hydrogens is 302 g/mol. The molecule has 0 saturated heterocycles. The molecule has 0 unspecified atom stereocenters. The van der Waals surface area contributed by atoms with Gasteiger partial charge in [0.25, 0.3) is 0 Å². The van der Waals surface area contributed by atoms with Crippen molar-refractivity contribution < 1.29 is 9.90 Å². The van der Waals surface area contributed by atoms with Gasteiger partial charge in [-0.1, -0.05) is 15.9 Å². The van der Waals surface area contributed by atoms with E-state index in [4.69, 9.17) is 5.11 Å². The van der Waals surface area contributed by atoms with Crippen molar-refractivity contribution in [3.05, 3.63) is 28.2 Å². The number of rotatable bonds is 7. The van der Waals surface area contributed by atoms with E-state index in [1.165, 1.54) is 0 Å². The molecule has 0 aliphatic rings. The number of hydrogen-bond acceptors (Lipinski definition) is 3. The van der Waals surface area contributed by atoms with E-state index in [2.05, 4.69) is 27.5 Å². The number of nitrogens with one attached hydrogen (secondary N) is 1. The number of carboxylic acids is 1. The summed E-state index contributed by atoms with van der Waals surface area (Å²) < 4.78 is 0.780. The molecule has 0 spiro atoms. The molecule has 1 aromatic rings. The Morgan fingerprint density at radius 3 is 2.88 bits per heavy atom. The molecule has 5 heteroatoms. The molecule has 17 heavy (non-hydrogen) atoms. The topological polar surface area (TPSA) is 49.3 Å². The molecule has 0 aliphatic heterocycles. The van der Waals surface area contributed by atoms with Crippen molar-refractivity contribution in [2.75, 3.05) is 23.9 Å². The molecule has 1 rings (SSSR count). The fraction of sp³-hybridized carbons (Fsp3) is 0.417. The molecule has 1 aromatic carbocycles. The lowest BCUT2D eigenvalue weighted by Gasteiger charge is -2.09. The standard InChI is InChI=1S/C12H16BrNO2S/c1-17-7-3-2-6-14-11-5-4-9(13)8-10(11)12(15)16/h4-5,8,14H,2-3,6-7H2,1H3,(H,15,16). The summed E-state index contributed by atoms with van der Waals surface area (Å²) in [4.78, 5) is 11.0. The third-order valence-electron chi connectivity index (χ3n) is 2.30. The van der Waals surface area contributed by atoms with Gasteiger partial charge in [-0.25, -0.2) is 4.79 Å². The number of carboxylic acid groups (broad SMARTS) is 1. The summed E-state index contributed by atoms with van der Waals surface area (Å²) >= 11 is 5.10. The Balaban J connectivity index is 2.55. The van der Waals surface area contributed by atoms with E-state index in [0.29, 0.717) is 11.3 Å². The summed E-state index contributed by atoms with van der Waals surface area (Å²) in [5.74, 6) is 0.242. The van der Waals surface area contributed by atoms with E-state index >= 15 is 0 Å². The van der Waals surface area contributed by atoms with Gasteiger partial charge in [0, 0.05) is 16.7 Å². The Hall–Kier alpha value is -0.680. The number of anilines is 1. The second kappa shape index (κ2) is 7.61. The van der Waals surface area contributed by atoms with Gasteiger partial charge >= 0.3 is 5.97 Å². The highest BCUT2D eigenvalue weighted by Crippen LogP contribution is 2.21. The lowest BCUT2D eigenvalue weighted by atomic mass is 10.1. The van der Waals surface area contributed by atoms with Gasteiger partial charge in [0.1, 0.15) is 0 Å². The second-order valence-electron chi connectivity index (χ2n) is 3.62. The lowest BCUT2D eigenvalue weighted by Crippen LogP contribution is -2.07. The van der Waals surface area contributed by atoms with Crippen molar-refractivity contribution in [2.24, 2.45) is 0 Å². The summed E-state index contributed by atoms with van der Waals surface area (Å²) in [6.07, 6.45) is 4.29. The van der Waals surface area contributed by atoms with Gasteiger partial charge in [0.05, 0.1) is 5.56 Å². The number of carbonyl (C=O) groups is 1. The fourth-order valence-electron chi connectivity index (χ4n) is 1.44. The number of hydrogen-bond donors (Lipinski definition) is 2. The number of halogens is 1. The zero-order chi connectivity index (χ0) is 12.7. The molecule has 94 valence electrons. The molecule has 0 saturated carbocycles. The molecular formula is C12H16BrNO2S. The Bertz CT molecular complexity index is 385. The SMILES string of the molecule is CSCCCCNc1ccc(Br)cc1C(=O)O. The largest absolute Gasteiger partial charge is 0.478 e. The van der Waals surface area contributed by atoms with E-state index in [1.54, 1.807) is 12.1 Å². The van der Waals surface area contributed by atoms with E-state index in [1.807, 2.05) is 17.8 Å². The van der Waals surface area contributed by atoms with Crippen molar-refractivity contribution in [2.45, 2.75) is 12.8 Å². The van der Waals surface area contributed by atoms with Crippen LogP contribution < -0.4 is 5.32 Å². The van der Waals surface area contributed by atoms with E-state index < -0.39 is 5.97 Å². The van der Waals surface area contributed by atoms with Crippen LogP contribution >= 0.6 is 27.7 Å². The summed E-state index contributed by atoms with van der Waals surface area (Å²) in [6.45, 7) is 0.808. The predicted molar refractivity (Wildman–Crippen MR) is 77.2 cm³/mol. The number of aromatic carboxylic acids is 1. The third kappa shape index (κ3) is 5.00. The molecule has 2 N–H and O–H groups in total. The van der Waals surface area contributed by atoms with Crippen LogP contribution in [-0.2, 0) is 0 Å². The van der Waals surface area contributed by atoms with Crippen LogP contribution in [0.15, 0.2) is 22.7 Å². The van der Waals surface area contributed by atoms with Crippen molar-refractivity contribution >= 4 is 39.3 Å². The van der Waals surface area contributed by atoms with Crippen LogP contribution in [0.3, 0.4) is 0 Å². The fourth-order valence-corrected chi connectivity index (χ4v) is 2.30. The Kier molecular flexibility index (Phi) is 6.44. The summed E-state index contributed by atoms with van der Waals surface area (Å²) in [7, 11) is 0. The Morgan fingerprint density at radius 2 is 2.24 bits per heavy atom. The number of unbranched alkanes of at least 4 members (excludes halogenated alkanes) is 1. The minimum absolute atomic E-state index is 0.309. The van der Waals surface area contributed by atoms with Gasteiger partial charge in [-0.2, -0.15) is 11.8 Å². The first-order valence-corrected chi connectivity index (χ1v) is 7.59. The summed E-state index contributed by atoms with van der Waals surface area (Å²) in [6, 6.07) is 5.26. The van der Waals surface area contributed by atoms with Crippen LogP contribution in [-0.4, -0.2) is 29.6 Å². The average molecular weight is 318 g/mol. The van der Waals surface area contributed by atoms with Crippen molar-refractivity contribution in [1.29, 1.82) is 0 Å². The highest BCUT2D eigenvalue weighted by atomic mass is 79.9. The van der Waals surface area contributed by atoms with Crippen LogP contribution in [0.4, 0.5) is 5.69 Å². The minimum atomic E-state index is -0.905. The first-order valence-electron chi connectivity index (χ1n) is 5.41. The second-order valence-corrected chi connectivity index (χ2v) is 5.52. The van der Waals surface area contributed by atoms with E-state index in [0.717, 1.165) is 29.6 Å². The van der Waals surface area contributed by atoms with E-state index in [-0.39, 0.29) is 0 Å². The molecule has 0 amide bonds. The third-order valence-corrected chi connectivity index (χ3v) is 3.49. The maximum Gasteiger partial charge on any atom is 0.337 e. The predicted octanol–water partition coefficient (Wildman–Crippen LogP) is 3.70. The van der Waals surface area contributed by atoms with Gasteiger partial charge in [-0.3, -0.25) is 0 Å². The van der Waals surface area contributed by atoms with Gasteiger partial charge in [0.2, 0.25) is 0 Å². The Morgan fingerprint density at radius 1 is 1.47 bits per heavy atom. The maximum absolute atomic E-state index is 11.0. The highest BCUT2D eigenvalue weighted by Gasteiger charge is 2.09. The maximum atomic E-state index is 11.0. The van der Waals surface area contributed by atoms with Crippen LogP contribution in [0.2, 0.25) is 0 Å². The van der Waals surface area contributed by atoms with Gasteiger partial charge in [-0.15, -0.1) is 0 Å². The molecule has 0 heterocycles. The molecule has 0 radical (unpaired) electrons. The summed E-state index contributed by atoms with van der Waals surface area (Å²) in [5, 5.41) is 12.2. The molecule has 0 aliphatic carbocycles. The Labute approximate surface area is 114 Å². The monoisotopic (exact) mass is 317 g/mol. The normalized spacial score (nSPS) is 10.2. The van der Waals surface area contributed by atoms with E-state index in [9.17, 15) is 4.79 Å². The quantitative estimate of drug-likeness (QED) is 0.753. The first kappa shape index (κ1) is 14.4. The first-order chi connectivity index (χ1) is 8.15. The van der Waals surface area contributed by atoms with Crippen molar-refractivity contribution in [1.82, 2.24) is 0 Å². The van der Waals surface area contributed by atoms with Gasteiger partial charge in [-0.05, 0) is 43.0 Å². The smallest absolute Gasteiger partial charge is 0.337 e. The van der Waals surface area contributed by atoms with Gasteiger partial charge in [0.15, 0.2) is 0 Å². The summed E-state index contributed by atoms with van der Waals surface area (Å²) in [5.41, 5.74) is 0.995. The van der Waals surface area contributed by atoms with Crippen molar-refractivity contribution in [3.8, 4) is 0 Å². The molecule has 3 nitrogen and oxygen atoms in total. The van der Waals surface area contributed by atoms with Gasteiger partial charge < -0.3 is 10.4 Å². The van der Waals surface area contributed by atoms with Crippen molar-refractivity contribution in [3.63, 3.8) is 0 Å². The van der Waals surface area contributed by atoms with Crippen LogP contribution in [0.25, 0.3) is 0 Å². The van der Waals surface area contributed by atoms with Crippen LogP contribution in [0, 0.1) is 0 Å². The molecule has 0 bridgehead atoms. The average Bonchev–Trinajstić information content (AvgIpc) is 2.30. The highest BCUT2D eigenvalue weighted by molar-refractivity contribution is 9.10. The lowest BCUT2D eigenvalue weighted by molar-refractivity contribution is 0.0698. The van der Waals surface area contributed by atoms with Crippen LogP contribution in [0.5, 0.6) is 0 Å². The molecule has 0 atom stereocenters. The minimum Gasteiger partial charge on any atom is -0.478 e. The van der Waals surface area contributed by atoms with Crippen LogP contribution in [0.1, 0.15) is 23.2 Å². The number of benzene rings is 1. The zero-order valence-electron chi connectivity index (χ0n) is 9.70. The molecule has 0 fully saturated rings. The zero-order valence-corrected chi connectivity index (χ0v) is 12.1.